The Labute approximate surface area is 190 Å². The maximum Gasteiger partial charge on any atom is 0.292 e. The summed E-state index contributed by atoms with van der Waals surface area (Å²) in [7, 11) is 0. The topological polar surface area (TPSA) is 75.4 Å². The van der Waals surface area contributed by atoms with E-state index in [4.69, 9.17) is 4.42 Å². The maximum atomic E-state index is 13.8. The summed E-state index contributed by atoms with van der Waals surface area (Å²) in [4.78, 5) is 32.1. The first kappa shape index (κ1) is 20.9. The fourth-order valence-electron chi connectivity index (χ4n) is 3.76. The van der Waals surface area contributed by atoms with E-state index < -0.39 is 0 Å². The molecule has 0 atom stereocenters. The van der Waals surface area contributed by atoms with Gasteiger partial charge < -0.3 is 14.6 Å². The van der Waals surface area contributed by atoms with Gasteiger partial charge in [-0.05, 0) is 54.3 Å². The van der Waals surface area contributed by atoms with Crippen molar-refractivity contribution in [2.75, 3.05) is 5.32 Å². The van der Waals surface area contributed by atoms with Crippen LogP contribution in [0.5, 0.6) is 0 Å². The molecule has 7 heteroatoms. The first-order chi connectivity index (χ1) is 16.1. The normalized spacial score (nSPS) is 13.1. The monoisotopic (exact) mass is 443 g/mol. The Bertz CT molecular complexity index is 1300. The van der Waals surface area contributed by atoms with E-state index in [1.165, 1.54) is 12.1 Å². The molecule has 33 heavy (non-hydrogen) atoms. The van der Waals surface area contributed by atoms with Crippen LogP contribution in [0.4, 0.5) is 10.1 Å². The molecule has 1 N–H and O–H groups in total. The van der Waals surface area contributed by atoms with Crippen molar-refractivity contribution in [2.24, 2.45) is 5.92 Å². The van der Waals surface area contributed by atoms with Gasteiger partial charge in [-0.25, -0.2) is 4.39 Å². The number of halogens is 1. The molecule has 2 aromatic carbocycles. The highest BCUT2D eigenvalue weighted by molar-refractivity contribution is 6.11. The zero-order valence-electron chi connectivity index (χ0n) is 17.8. The summed E-state index contributed by atoms with van der Waals surface area (Å²) >= 11 is 0. The number of furan rings is 1. The SMILES string of the molecule is O=C(Nc1c(C(=O)N(Cc2ccc(F)cc2)Cc2cccnc2)oc2ccccc12)C1CC1. The molecule has 1 saturated carbocycles. The van der Waals surface area contributed by atoms with E-state index in [0.717, 1.165) is 24.0 Å². The largest absolute Gasteiger partial charge is 0.449 e. The lowest BCUT2D eigenvalue weighted by Crippen LogP contribution is -2.31. The van der Waals surface area contributed by atoms with Gasteiger partial charge in [0.2, 0.25) is 11.7 Å². The molecule has 0 radical (unpaired) electrons. The van der Waals surface area contributed by atoms with Crippen LogP contribution >= 0.6 is 0 Å². The lowest BCUT2D eigenvalue weighted by molar-refractivity contribution is -0.117. The molecule has 2 amide bonds. The van der Waals surface area contributed by atoms with Crippen molar-refractivity contribution in [2.45, 2.75) is 25.9 Å². The molecular weight excluding hydrogens is 421 g/mol. The van der Waals surface area contributed by atoms with Gasteiger partial charge in [0, 0.05) is 36.8 Å². The molecule has 0 saturated heterocycles. The number of aromatic nitrogens is 1. The van der Waals surface area contributed by atoms with Crippen LogP contribution in [0.2, 0.25) is 0 Å². The standard InChI is InChI=1S/C26H22FN3O3/c27-20-11-7-17(8-12-20)15-30(16-18-4-3-13-28-14-18)26(32)24-23(29-25(31)19-9-10-19)21-5-1-2-6-22(21)33-24/h1-8,11-14,19H,9-10,15-16H2,(H,29,31). The first-order valence-corrected chi connectivity index (χ1v) is 10.8. The number of hydrogen-bond acceptors (Lipinski definition) is 4. The van der Waals surface area contributed by atoms with Crippen LogP contribution < -0.4 is 5.32 Å². The van der Waals surface area contributed by atoms with Gasteiger partial charge in [0.15, 0.2) is 0 Å². The summed E-state index contributed by atoms with van der Waals surface area (Å²) in [5, 5.41) is 3.60. The van der Waals surface area contributed by atoms with Gasteiger partial charge in [-0.2, -0.15) is 0 Å². The minimum Gasteiger partial charge on any atom is -0.449 e. The Kier molecular flexibility index (Phi) is 5.60. The van der Waals surface area contributed by atoms with Crippen molar-refractivity contribution in [1.29, 1.82) is 0 Å². The molecule has 0 aliphatic heterocycles. The highest BCUT2D eigenvalue weighted by Gasteiger charge is 2.33. The highest BCUT2D eigenvalue weighted by atomic mass is 19.1. The van der Waals surface area contributed by atoms with Gasteiger partial charge in [-0.15, -0.1) is 0 Å². The highest BCUT2D eigenvalue weighted by Crippen LogP contribution is 2.35. The number of rotatable bonds is 7. The van der Waals surface area contributed by atoms with Crippen LogP contribution in [-0.4, -0.2) is 21.7 Å². The van der Waals surface area contributed by atoms with Gasteiger partial charge >= 0.3 is 0 Å². The number of nitrogens with one attached hydrogen (secondary N) is 1. The third-order valence-corrected chi connectivity index (χ3v) is 5.66. The second-order valence-corrected chi connectivity index (χ2v) is 8.21. The second kappa shape index (κ2) is 8.86. The number of pyridine rings is 1. The Hall–Kier alpha value is -4.00. The molecule has 5 rings (SSSR count). The summed E-state index contributed by atoms with van der Waals surface area (Å²) in [6, 6.07) is 17.0. The van der Waals surface area contributed by atoms with E-state index in [1.807, 2.05) is 24.3 Å². The fourth-order valence-corrected chi connectivity index (χ4v) is 3.76. The number of carbonyl (C=O) groups excluding carboxylic acids is 2. The van der Waals surface area contributed by atoms with Crippen LogP contribution in [0.25, 0.3) is 11.0 Å². The quantitative estimate of drug-likeness (QED) is 0.428. The molecule has 1 aliphatic rings. The molecule has 1 aliphatic carbocycles. The average molecular weight is 443 g/mol. The van der Waals surface area contributed by atoms with Gasteiger partial charge in [-0.3, -0.25) is 14.6 Å². The number of para-hydroxylation sites is 1. The van der Waals surface area contributed by atoms with E-state index in [1.54, 1.807) is 41.6 Å². The number of hydrogen-bond donors (Lipinski definition) is 1. The van der Waals surface area contributed by atoms with Crippen LogP contribution in [0.3, 0.4) is 0 Å². The minimum atomic E-state index is -0.370. The molecule has 0 spiro atoms. The van der Waals surface area contributed by atoms with Gasteiger partial charge in [-0.1, -0.05) is 30.3 Å². The number of benzene rings is 2. The lowest BCUT2D eigenvalue weighted by atomic mass is 10.1. The van der Waals surface area contributed by atoms with E-state index >= 15 is 0 Å². The Morgan fingerprint density at radius 3 is 2.48 bits per heavy atom. The van der Waals surface area contributed by atoms with Crippen LogP contribution in [0.15, 0.2) is 77.5 Å². The summed E-state index contributed by atoms with van der Waals surface area (Å²) in [5.41, 5.74) is 2.53. The maximum absolute atomic E-state index is 13.8. The number of fused-ring (bicyclic) bond motifs is 1. The molecular formula is C26H22FN3O3. The average Bonchev–Trinajstić information content (AvgIpc) is 3.63. The van der Waals surface area contributed by atoms with Crippen molar-refractivity contribution in [3.8, 4) is 0 Å². The van der Waals surface area contributed by atoms with Crippen LogP contribution in [-0.2, 0) is 17.9 Å². The molecule has 4 aromatic rings. The molecule has 2 aromatic heterocycles. The van der Waals surface area contributed by atoms with Crippen molar-refractivity contribution in [3.63, 3.8) is 0 Å². The summed E-state index contributed by atoms with van der Waals surface area (Å²) in [6.45, 7) is 0.512. The minimum absolute atomic E-state index is 0.0210. The predicted octanol–water partition coefficient (Wildman–Crippen LogP) is 5.16. The zero-order chi connectivity index (χ0) is 22.8. The van der Waals surface area contributed by atoms with E-state index in [0.29, 0.717) is 16.7 Å². The molecule has 166 valence electrons. The number of amides is 2. The number of anilines is 1. The Morgan fingerprint density at radius 1 is 1.00 bits per heavy atom. The molecule has 0 bridgehead atoms. The smallest absolute Gasteiger partial charge is 0.292 e. The zero-order valence-corrected chi connectivity index (χ0v) is 17.8. The van der Waals surface area contributed by atoms with Crippen molar-refractivity contribution in [3.05, 3.63) is 95.8 Å². The van der Waals surface area contributed by atoms with E-state index in [9.17, 15) is 14.0 Å². The van der Waals surface area contributed by atoms with Gasteiger partial charge in [0.05, 0.1) is 0 Å². The van der Waals surface area contributed by atoms with Gasteiger partial charge in [0.25, 0.3) is 5.91 Å². The summed E-state index contributed by atoms with van der Waals surface area (Å²) in [6.07, 6.45) is 5.06. The predicted molar refractivity (Wildman–Crippen MR) is 122 cm³/mol. The summed E-state index contributed by atoms with van der Waals surface area (Å²) < 4.78 is 19.4. The van der Waals surface area contributed by atoms with Crippen molar-refractivity contribution in [1.82, 2.24) is 9.88 Å². The third-order valence-electron chi connectivity index (χ3n) is 5.66. The van der Waals surface area contributed by atoms with Crippen LogP contribution in [0, 0.1) is 11.7 Å². The van der Waals surface area contributed by atoms with E-state index in [-0.39, 0.29) is 42.4 Å². The van der Waals surface area contributed by atoms with E-state index in [2.05, 4.69) is 10.3 Å². The number of nitrogens with zero attached hydrogens (tertiary/aromatic N) is 2. The van der Waals surface area contributed by atoms with Crippen molar-refractivity contribution < 1.29 is 18.4 Å². The Balaban J connectivity index is 1.52. The Morgan fingerprint density at radius 2 is 1.76 bits per heavy atom. The lowest BCUT2D eigenvalue weighted by Gasteiger charge is -2.22. The third kappa shape index (κ3) is 4.62. The summed E-state index contributed by atoms with van der Waals surface area (Å²) in [5.74, 6) is -0.756. The van der Waals surface area contributed by atoms with Gasteiger partial charge in [0.1, 0.15) is 17.1 Å². The molecule has 2 heterocycles. The first-order valence-electron chi connectivity index (χ1n) is 10.8. The second-order valence-electron chi connectivity index (χ2n) is 8.21. The molecule has 0 unspecified atom stereocenters. The van der Waals surface area contributed by atoms with Crippen LogP contribution in [0.1, 0.15) is 34.5 Å². The molecule has 1 fully saturated rings. The number of carbonyl (C=O) groups is 2. The molecule has 6 nitrogen and oxygen atoms in total. The fraction of sp³-hybridized carbons (Fsp3) is 0.192. The van der Waals surface area contributed by atoms with Crippen molar-refractivity contribution >= 4 is 28.5 Å².